The van der Waals surface area contributed by atoms with Crippen molar-refractivity contribution < 1.29 is 4.79 Å². The molecule has 0 radical (unpaired) electrons. The highest BCUT2D eigenvalue weighted by molar-refractivity contribution is 8.26. The fourth-order valence-electron chi connectivity index (χ4n) is 4.54. The zero-order chi connectivity index (χ0) is 24.7. The highest BCUT2D eigenvalue weighted by Crippen LogP contribution is 2.35. The van der Waals surface area contributed by atoms with Crippen LogP contribution in [0.1, 0.15) is 25.0 Å². The molecule has 35 heavy (non-hydrogen) atoms. The Morgan fingerprint density at radius 1 is 1.00 bits per heavy atom. The number of thioether (sulfide) groups is 1. The minimum Gasteiger partial charge on any atom is -0.368 e. The smallest absolute Gasteiger partial charge is 0.267 e. The number of carbonyl (C=O) groups excluding carboxylic acids is 1. The van der Waals surface area contributed by atoms with Gasteiger partial charge in [0, 0.05) is 44.1 Å². The van der Waals surface area contributed by atoms with Crippen LogP contribution in [0.2, 0.25) is 0 Å². The predicted molar refractivity (Wildman–Crippen MR) is 147 cm³/mol. The lowest BCUT2D eigenvalue weighted by Gasteiger charge is -2.37. The SMILES string of the molecule is Cc1cccn2c(=O)c(C=C3SC(=S)N(C(C)C)C3=O)c(N3CCN(c4ccccc4)CC3)nc12. The first-order valence-electron chi connectivity index (χ1n) is 11.7. The van der Waals surface area contributed by atoms with Crippen molar-refractivity contribution in [2.75, 3.05) is 36.0 Å². The number of rotatable bonds is 4. The fraction of sp³-hybridized carbons (Fsp3) is 0.308. The summed E-state index contributed by atoms with van der Waals surface area (Å²) in [5, 5.41) is 0. The van der Waals surface area contributed by atoms with Crippen molar-refractivity contribution in [2.45, 2.75) is 26.8 Å². The van der Waals surface area contributed by atoms with Crippen molar-refractivity contribution in [1.29, 1.82) is 0 Å². The summed E-state index contributed by atoms with van der Waals surface area (Å²) in [6.45, 7) is 8.88. The largest absolute Gasteiger partial charge is 0.368 e. The number of anilines is 2. The van der Waals surface area contributed by atoms with Gasteiger partial charge in [-0.15, -0.1) is 0 Å². The molecule has 2 fully saturated rings. The third kappa shape index (κ3) is 4.34. The molecule has 0 unspecified atom stereocenters. The first kappa shape index (κ1) is 23.6. The molecule has 2 saturated heterocycles. The van der Waals surface area contributed by atoms with Gasteiger partial charge in [0.15, 0.2) is 0 Å². The van der Waals surface area contributed by atoms with Crippen LogP contribution in [-0.4, -0.2) is 56.7 Å². The maximum Gasteiger partial charge on any atom is 0.267 e. The summed E-state index contributed by atoms with van der Waals surface area (Å²) in [4.78, 5) is 38.3. The van der Waals surface area contributed by atoms with E-state index >= 15 is 0 Å². The molecule has 0 aliphatic carbocycles. The van der Waals surface area contributed by atoms with Crippen LogP contribution in [0.15, 0.2) is 58.4 Å². The highest BCUT2D eigenvalue weighted by Gasteiger charge is 2.34. The molecule has 5 rings (SSSR count). The molecule has 0 bridgehead atoms. The van der Waals surface area contributed by atoms with Crippen molar-refractivity contribution in [3.05, 3.63) is 75.0 Å². The molecule has 1 aromatic carbocycles. The average molecular weight is 506 g/mol. The van der Waals surface area contributed by atoms with Crippen LogP contribution in [0, 0.1) is 6.92 Å². The number of thiocarbonyl (C=S) groups is 1. The van der Waals surface area contributed by atoms with Crippen molar-refractivity contribution in [3.8, 4) is 0 Å². The number of fused-ring (bicyclic) bond motifs is 1. The van der Waals surface area contributed by atoms with Crippen molar-refractivity contribution in [2.24, 2.45) is 0 Å². The van der Waals surface area contributed by atoms with Gasteiger partial charge in [-0.05, 0) is 50.6 Å². The lowest BCUT2D eigenvalue weighted by molar-refractivity contribution is -0.123. The number of amides is 1. The molecule has 2 aromatic heterocycles. The van der Waals surface area contributed by atoms with Crippen LogP contribution in [0.3, 0.4) is 0 Å². The summed E-state index contributed by atoms with van der Waals surface area (Å²) in [6, 6.07) is 14.1. The third-order valence-corrected chi connectivity index (χ3v) is 7.71. The van der Waals surface area contributed by atoms with Gasteiger partial charge < -0.3 is 9.80 Å². The monoisotopic (exact) mass is 505 g/mol. The van der Waals surface area contributed by atoms with Crippen molar-refractivity contribution >= 4 is 57.4 Å². The van der Waals surface area contributed by atoms with E-state index in [-0.39, 0.29) is 17.5 Å². The number of carbonyl (C=O) groups is 1. The molecule has 0 atom stereocenters. The van der Waals surface area contributed by atoms with E-state index in [4.69, 9.17) is 17.2 Å². The zero-order valence-corrected chi connectivity index (χ0v) is 21.6. The van der Waals surface area contributed by atoms with Gasteiger partial charge in [-0.25, -0.2) is 4.98 Å². The molecule has 180 valence electrons. The number of para-hydroxylation sites is 1. The summed E-state index contributed by atoms with van der Waals surface area (Å²) < 4.78 is 2.08. The van der Waals surface area contributed by atoms with Gasteiger partial charge in [-0.3, -0.25) is 18.9 Å². The maximum atomic E-state index is 13.7. The van der Waals surface area contributed by atoms with E-state index in [1.165, 1.54) is 17.4 Å². The van der Waals surface area contributed by atoms with Crippen molar-refractivity contribution in [3.63, 3.8) is 0 Å². The number of piperazine rings is 1. The van der Waals surface area contributed by atoms with E-state index in [0.29, 0.717) is 26.3 Å². The van der Waals surface area contributed by atoms with E-state index in [1.54, 1.807) is 21.6 Å². The van der Waals surface area contributed by atoms with E-state index in [9.17, 15) is 9.59 Å². The van der Waals surface area contributed by atoms with Gasteiger partial charge in [-0.2, -0.15) is 0 Å². The molecule has 3 aromatic rings. The highest BCUT2D eigenvalue weighted by atomic mass is 32.2. The summed E-state index contributed by atoms with van der Waals surface area (Å²) in [5.41, 5.74) is 2.97. The van der Waals surface area contributed by atoms with Gasteiger partial charge in [0.05, 0.1) is 10.5 Å². The van der Waals surface area contributed by atoms with E-state index < -0.39 is 0 Å². The van der Waals surface area contributed by atoms with Gasteiger partial charge in [0.2, 0.25) is 0 Å². The first-order valence-corrected chi connectivity index (χ1v) is 12.9. The Morgan fingerprint density at radius 2 is 1.69 bits per heavy atom. The number of aromatic nitrogens is 2. The Balaban J connectivity index is 1.57. The summed E-state index contributed by atoms with van der Waals surface area (Å²) in [6.07, 6.45) is 3.41. The Hall–Kier alpha value is -3.17. The van der Waals surface area contributed by atoms with Crippen LogP contribution in [0.5, 0.6) is 0 Å². The molecule has 1 amide bonds. The van der Waals surface area contributed by atoms with Crippen LogP contribution < -0.4 is 15.4 Å². The summed E-state index contributed by atoms with van der Waals surface area (Å²) >= 11 is 6.69. The molecule has 2 aliphatic heterocycles. The van der Waals surface area contributed by atoms with E-state index in [1.807, 2.05) is 51.1 Å². The number of hydrogen-bond donors (Lipinski definition) is 0. The summed E-state index contributed by atoms with van der Waals surface area (Å²) in [5.74, 6) is 0.454. The second kappa shape index (κ2) is 9.47. The Morgan fingerprint density at radius 3 is 2.34 bits per heavy atom. The second-order valence-corrected chi connectivity index (χ2v) is 10.7. The third-order valence-electron chi connectivity index (χ3n) is 6.38. The zero-order valence-electron chi connectivity index (χ0n) is 20.0. The maximum absolute atomic E-state index is 13.7. The molecular formula is C26H27N5O2S2. The fourth-order valence-corrected chi connectivity index (χ4v) is 6.04. The molecule has 0 N–H and O–H groups in total. The number of hydrogen-bond acceptors (Lipinski definition) is 7. The number of pyridine rings is 1. The molecule has 9 heteroatoms. The number of nitrogens with zero attached hydrogens (tertiary/aromatic N) is 5. The second-order valence-electron chi connectivity index (χ2n) is 8.99. The standard InChI is InChI=1S/C26H27N5O2S2/c1-17(2)31-25(33)21(35-26(31)34)16-20-23(27-22-18(3)8-7-11-30(22)24(20)32)29-14-12-28(13-15-29)19-9-5-4-6-10-19/h4-11,16-17H,12-15H2,1-3H3. The minimum atomic E-state index is -0.186. The number of aryl methyl sites for hydroxylation is 1. The van der Waals surface area contributed by atoms with Crippen LogP contribution in [-0.2, 0) is 4.79 Å². The van der Waals surface area contributed by atoms with Gasteiger partial charge in [-0.1, -0.05) is 48.2 Å². The lowest BCUT2D eigenvalue weighted by Crippen LogP contribution is -2.47. The van der Waals surface area contributed by atoms with Gasteiger partial charge >= 0.3 is 0 Å². The molecular weight excluding hydrogens is 478 g/mol. The Kier molecular flexibility index (Phi) is 6.37. The van der Waals surface area contributed by atoms with E-state index in [2.05, 4.69) is 21.9 Å². The van der Waals surface area contributed by atoms with Gasteiger partial charge in [0.25, 0.3) is 11.5 Å². The molecule has 2 aliphatic rings. The first-order chi connectivity index (χ1) is 16.8. The minimum absolute atomic E-state index is 0.0441. The topological polar surface area (TPSA) is 61.2 Å². The van der Waals surface area contributed by atoms with Crippen LogP contribution >= 0.6 is 24.0 Å². The number of benzene rings is 1. The molecule has 0 spiro atoms. The normalized spacial score (nSPS) is 17.9. The predicted octanol–water partition coefficient (Wildman–Crippen LogP) is 3.94. The molecule has 7 nitrogen and oxygen atoms in total. The lowest BCUT2D eigenvalue weighted by atomic mass is 10.2. The van der Waals surface area contributed by atoms with Gasteiger partial charge in [0.1, 0.15) is 15.8 Å². The van der Waals surface area contributed by atoms with E-state index in [0.717, 1.165) is 31.7 Å². The van der Waals surface area contributed by atoms with Crippen LogP contribution in [0.4, 0.5) is 11.5 Å². The Labute approximate surface area is 214 Å². The van der Waals surface area contributed by atoms with Crippen molar-refractivity contribution in [1.82, 2.24) is 14.3 Å². The molecule has 4 heterocycles. The summed E-state index contributed by atoms with van der Waals surface area (Å²) in [7, 11) is 0. The quantitative estimate of drug-likeness (QED) is 0.393. The Bertz CT molecular complexity index is 1390. The van der Waals surface area contributed by atoms with Crippen LogP contribution in [0.25, 0.3) is 11.7 Å². The molecule has 0 saturated carbocycles. The average Bonchev–Trinajstić information content (AvgIpc) is 3.14.